The van der Waals surface area contributed by atoms with E-state index in [0.29, 0.717) is 12.3 Å². The van der Waals surface area contributed by atoms with Crippen LogP contribution in [0.5, 0.6) is 0 Å². The van der Waals surface area contributed by atoms with Crippen molar-refractivity contribution in [2.24, 2.45) is 0 Å². The maximum absolute atomic E-state index is 11.8. The van der Waals surface area contributed by atoms with Gasteiger partial charge in [0.25, 0.3) is 0 Å². The maximum Gasteiger partial charge on any atom is 0.211 e. The van der Waals surface area contributed by atoms with E-state index in [1.807, 2.05) is 11.9 Å². The normalized spacial score (nSPS) is 18.8. The summed E-state index contributed by atoms with van der Waals surface area (Å²) in [5, 5.41) is 10.2. The minimum absolute atomic E-state index is 0.0425. The SMILES string of the molecule is CN(CC(=O)c1ccco1)CC1(O)CCCC1. The number of aliphatic hydroxyl groups is 1. The van der Waals surface area contributed by atoms with Crippen LogP contribution in [0.1, 0.15) is 36.2 Å². The summed E-state index contributed by atoms with van der Waals surface area (Å²) in [5.41, 5.74) is -0.599. The Kier molecular flexibility index (Phi) is 3.64. The van der Waals surface area contributed by atoms with Crippen molar-refractivity contribution in [1.29, 1.82) is 0 Å². The number of furan rings is 1. The number of likely N-dealkylation sites (N-methyl/N-ethyl adjacent to an activating group) is 1. The molecule has 17 heavy (non-hydrogen) atoms. The molecule has 1 aliphatic carbocycles. The molecule has 94 valence electrons. The van der Waals surface area contributed by atoms with E-state index in [1.165, 1.54) is 6.26 Å². The number of rotatable bonds is 5. The van der Waals surface area contributed by atoms with Gasteiger partial charge in [-0.05, 0) is 32.0 Å². The minimum atomic E-state index is -0.599. The Bertz CT molecular complexity index is 366. The average Bonchev–Trinajstić information content (AvgIpc) is 2.88. The number of nitrogens with zero attached hydrogens (tertiary/aromatic N) is 1. The fourth-order valence-electron chi connectivity index (χ4n) is 2.51. The van der Waals surface area contributed by atoms with E-state index in [0.717, 1.165) is 25.7 Å². The second kappa shape index (κ2) is 5.02. The van der Waals surface area contributed by atoms with Gasteiger partial charge in [-0.3, -0.25) is 9.69 Å². The highest BCUT2D eigenvalue weighted by atomic mass is 16.3. The third-order valence-electron chi connectivity index (χ3n) is 3.31. The van der Waals surface area contributed by atoms with Crippen LogP contribution in [0.25, 0.3) is 0 Å². The molecule has 2 rings (SSSR count). The summed E-state index contributed by atoms with van der Waals surface area (Å²) in [6.45, 7) is 0.843. The molecule has 1 saturated carbocycles. The number of Topliss-reactive ketones (excluding diaryl/α,β-unsaturated/α-hetero) is 1. The second-order valence-electron chi connectivity index (χ2n) is 5.00. The van der Waals surface area contributed by atoms with Crippen molar-refractivity contribution in [1.82, 2.24) is 4.90 Å². The molecule has 0 bridgehead atoms. The molecular weight excluding hydrogens is 218 g/mol. The van der Waals surface area contributed by atoms with Crippen LogP contribution in [0.4, 0.5) is 0 Å². The van der Waals surface area contributed by atoms with E-state index in [1.54, 1.807) is 12.1 Å². The molecule has 1 N–H and O–H groups in total. The summed E-state index contributed by atoms with van der Waals surface area (Å²) < 4.78 is 5.05. The molecule has 1 aromatic heterocycles. The van der Waals surface area contributed by atoms with Crippen LogP contribution in [0.15, 0.2) is 22.8 Å². The van der Waals surface area contributed by atoms with E-state index >= 15 is 0 Å². The zero-order valence-corrected chi connectivity index (χ0v) is 10.2. The summed E-state index contributed by atoms with van der Waals surface area (Å²) in [6.07, 6.45) is 5.34. The lowest BCUT2D eigenvalue weighted by atomic mass is 10.0. The largest absolute Gasteiger partial charge is 0.461 e. The summed E-state index contributed by atoms with van der Waals surface area (Å²) in [4.78, 5) is 13.6. The quantitative estimate of drug-likeness (QED) is 0.792. The molecule has 4 heteroatoms. The Morgan fingerprint density at radius 3 is 2.82 bits per heavy atom. The second-order valence-corrected chi connectivity index (χ2v) is 5.00. The molecule has 0 radical (unpaired) electrons. The van der Waals surface area contributed by atoms with E-state index in [-0.39, 0.29) is 12.3 Å². The molecule has 1 fully saturated rings. The molecule has 4 nitrogen and oxygen atoms in total. The van der Waals surface area contributed by atoms with Gasteiger partial charge in [0, 0.05) is 6.54 Å². The predicted molar refractivity (Wildman–Crippen MR) is 64.0 cm³/mol. The Labute approximate surface area is 101 Å². The first-order valence-corrected chi connectivity index (χ1v) is 6.07. The average molecular weight is 237 g/mol. The molecule has 0 atom stereocenters. The molecule has 0 amide bonds. The van der Waals surface area contributed by atoms with Crippen LogP contribution < -0.4 is 0 Å². The molecule has 0 aliphatic heterocycles. The van der Waals surface area contributed by atoms with Gasteiger partial charge in [-0.15, -0.1) is 0 Å². The molecule has 0 unspecified atom stereocenters. The smallest absolute Gasteiger partial charge is 0.211 e. The van der Waals surface area contributed by atoms with Gasteiger partial charge in [-0.25, -0.2) is 0 Å². The molecule has 0 saturated heterocycles. The zero-order chi connectivity index (χ0) is 12.3. The Balaban J connectivity index is 1.85. The van der Waals surface area contributed by atoms with Crippen molar-refractivity contribution >= 4 is 5.78 Å². The highest BCUT2D eigenvalue weighted by Crippen LogP contribution is 2.29. The van der Waals surface area contributed by atoms with Crippen LogP contribution >= 0.6 is 0 Å². The third kappa shape index (κ3) is 3.17. The standard InChI is InChI=1S/C13H19NO3/c1-14(10-13(16)6-2-3-7-13)9-11(15)12-5-4-8-17-12/h4-5,8,16H,2-3,6-7,9-10H2,1H3. The van der Waals surface area contributed by atoms with Crippen molar-refractivity contribution in [3.8, 4) is 0 Å². The third-order valence-corrected chi connectivity index (χ3v) is 3.31. The molecular formula is C13H19NO3. The van der Waals surface area contributed by atoms with Gasteiger partial charge >= 0.3 is 0 Å². The van der Waals surface area contributed by atoms with Gasteiger partial charge < -0.3 is 9.52 Å². The monoisotopic (exact) mass is 237 g/mol. The Hall–Kier alpha value is -1.13. The van der Waals surface area contributed by atoms with Gasteiger partial charge in [0.1, 0.15) is 0 Å². The topological polar surface area (TPSA) is 53.7 Å². The van der Waals surface area contributed by atoms with Crippen LogP contribution in [0.3, 0.4) is 0 Å². The summed E-state index contributed by atoms with van der Waals surface area (Å²) in [6, 6.07) is 3.37. The first kappa shape index (κ1) is 12.3. The number of hydrogen-bond donors (Lipinski definition) is 1. The lowest BCUT2D eigenvalue weighted by Crippen LogP contribution is -2.41. The Morgan fingerprint density at radius 2 is 2.24 bits per heavy atom. The lowest BCUT2D eigenvalue weighted by molar-refractivity contribution is 0.0170. The number of ketones is 1. The number of carbonyl (C=O) groups excluding carboxylic acids is 1. The van der Waals surface area contributed by atoms with Gasteiger partial charge in [-0.1, -0.05) is 12.8 Å². The van der Waals surface area contributed by atoms with Crippen molar-refractivity contribution in [3.63, 3.8) is 0 Å². The Morgan fingerprint density at radius 1 is 1.53 bits per heavy atom. The summed E-state index contributed by atoms with van der Waals surface area (Å²) in [7, 11) is 1.86. The molecule has 1 heterocycles. The van der Waals surface area contributed by atoms with Crippen molar-refractivity contribution < 1.29 is 14.3 Å². The molecule has 0 aromatic carbocycles. The molecule has 0 spiro atoms. The fourth-order valence-corrected chi connectivity index (χ4v) is 2.51. The van der Waals surface area contributed by atoms with Crippen LogP contribution in [-0.4, -0.2) is 41.5 Å². The van der Waals surface area contributed by atoms with Gasteiger partial charge in [0.05, 0.1) is 18.4 Å². The van der Waals surface area contributed by atoms with E-state index in [4.69, 9.17) is 4.42 Å². The van der Waals surface area contributed by atoms with Crippen molar-refractivity contribution in [2.75, 3.05) is 20.1 Å². The minimum Gasteiger partial charge on any atom is -0.461 e. The van der Waals surface area contributed by atoms with Crippen molar-refractivity contribution in [3.05, 3.63) is 24.2 Å². The zero-order valence-electron chi connectivity index (χ0n) is 10.2. The summed E-state index contributed by atoms with van der Waals surface area (Å²) in [5.74, 6) is 0.342. The van der Waals surface area contributed by atoms with Crippen LogP contribution in [-0.2, 0) is 0 Å². The number of carbonyl (C=O) groups is 1. The van der Waals surface area contributed by atoms with Gasteiger partial charge in [0.15, 0.2) is 5.76 Å². The van der Waals surface area contributed by atoms with E-state index in [2.05, 4.69) is 0 Å². The predicted octanol–water partition coefficient (Wildman–Crippen LogP) is 1.70. The van der Waals surface area contributed by atoms with E-state index < -0.39 is 5.60 Å². The summed E-state index contributed by atoms with van der Waals surface area (Å²) >= 11 is 0. The first-order chi connectivity index (χ1) is 8.09. The van der Waals surface area contributed by atoms with Gasteiger partial charge in [0.2, 0.25) is 5.78 Å². The lowest BCUT2D eigenvalue weighted by Gasteiger charge is -2.27. The van der Waals surface area contributed by atoms with Crippen LogP contribution in [0, 0.1) is 0 Å². The fraction of sp³-hybridized carbons (Fsp3) is 0.615. The maximum atomic E-state index is 11.8. The first-order valence-electron chi connectivity index (χ1n) is 6.07. The highest BCUT2D eigenvalue weighted by Gasteiger charge is 2.32. The van der Waals surface area contributed by atoms with Gasteiger partial charge in [-0.2, -0.15) is 0 Å². The van der Waals surface area contributed by atoms with Crippen LogP contribution in [0.2, 0.25) is 0 Å². The van der Waals surface area contributed by atoms with Crippen molar-refractivity contribution in [2.45, 2.75) is 31.3 Å². The molecule has 1 aliphatic rings. The van der Waals surface area contributed by atoms with E-state index in [9.17, 15) is 9.90 Å². The number of hydrogen-bond acceptors (Lipinski definition) is 4. The molecule has 1 aromatic rings. The highest BCUT2D eigenvalue weighted by molar-refractivity contribution is 5.94.